The maximum absolute atomic E-state index is 14.8. The summed E-state index contributed by atoms with van der Waals surface area (Å²) in [6.07, 6.45) is 3.39. The van der Waals surface area contributed by atoms with E-state index in [1.165, 1.54) is 11.0 Å². The summed E-state index contributed by atoms with van der Waals surface area (Å²) >= 11 is 5.93. The molecule has 0 N–H and O–H groups in total. The van der Waals surface area contributed by atoms with E-state index >= 15 is 0 Å². The van der Waals surface area contributed by atoms with E-state index in [-0.39, 0.29) is 22.6 Å². The first-order valence-electron chi connectivity index (χ1n) is 10.1. The molecule has 0 saturated carbocycles. The molecule has 11 heteroatoms. The number of ether oxygens (including phenoxy) is 1. The smallest absolute Gasteiger partial charge is 0.255 e. The molecule has 0 aliphatic carbocycles. The lowest BCUT2D eigenvalue weighted by Crippen LogP contribution is -2.59. The third kappa shape index (κ3) is 3.54. The van der Waals surface area contributed by atoms with Crippen molar-refractivity contribution in [3.63, 3.8) is 0 Å². The third-order valence-electron chi connectivity index (χ3n) is 5.77. The van der Waals surface area contributed by atoms with Gasteiger partial charge in [0, 0.05) is 24.7 Å². The molecule has 2 atom stereocenters. The third-order valence-corrected chi connectivity index (χ3v) is 6.01. The van der Waals surface area contributed by atoms with Gasteiger partial charge >= 0.3 is 0 Å². The van der Waals surface area contributed by atoms with E-state index in [9.17, 15) is 9.18 Å². The van der Waals surface area contributed by atoms with Gasteiger partial charge in [-0.05, 0) is 25.1 Å². The van der Waals surface area contributed by atoms with Gasteiger partial charge in [-0.25, -0.2) is 14.4 Å². The van der Waals surface area contributed by atoms with Gasteiger partial charge in [-0.1, -0.05) is 11.6 Å². The molecular formula is C21H21ClFN7O2. The zero-order chi connectivity index (χ0) is 22.6. The summed E-state index contributed by atoms with van der Waals surface area (Å²) in [7, 11) is 3.48. The number of aliphatic imine (C=N–C) groups is 3. The lowest BCUT2D eigenvalue weighted by Gasteiger charge is -2.42. The van der Waals surface area contributed by atoms with Crippen LogP contribution in [0.4, 0.5) is 4.39 Å². The Kier molecular flexibility index (Phi) is 4.96. The molecule has 0 spiro atoms. The van der Waals surface area contributed by atoms with Crippen LogP contribution in [0.25, 0.3) is 0 Å². The Hall–Kier alpha value is -3.27. The van der Waals surface area contributed by atoms with Crippen molar-refractivity contribution in [2.24, 2.45) is 22.0 Å². The Morgan fingerprint density at radius 2 is 1.97 bits per heavy atom. The second-order valence-corrected chi connectivity index (χ2v) is 8.44. The number of nitrogens with zero attached hydrogens (tertiary/aromatic N) is 7. The van der Waals surface area contributed by atoms with Crippen LogP contribution >= 0.6 is 11.6 Å². The zero-order valence-corrected chi connectivity index (χ0v) is 18.5. The molecule has 1 amide bonds. The number of aromatic nitrogens is 2. The minimum atomic E-state index is -0.806. The first-order valence-corrected chi connectivity index (χ1v) is 10.5. The number of carbonyl (C=O) groups excluding carboxylic acids is 1. The van der Waals surface area contributed by atoms with Crippen LogP contribution in [-0.4, -0.2) is 81.3 Å². The number of amides is 1. The van der Waals surface area contributed by atoms with Gasteiger partial charge in [0.05, 0.1) is 31.2 Å². The highest BCUT2D eigenvalue weighted by Crippen LogP contribution is 2.28. The number of benzene rings is 1. The normalized spacial score (nSPS) is 23.3. The molecule has 3 aliphatic heterocycles. The van der Waals surface area contributed by atoms with Gasteiger partial charge in [0.15, 0.2) is 11.8 Å². The van der Waals surface area contributed by atoms with Crippen LogP contribution in [0.2, 0.25) is 5.02 Å². The molecule has 32 heavy (non-hydrogen) atoms. The highest BCUT2D eigenvalue weighted by Gasteiger charge is 2.44. The minimum absolute atomic E-state index is 0.0597. The van der Waals surface area contributed by atoms with Crippen LogP contribution in [0.15, 0.2) is 45.6 Å². The minimum Gasteiger partial charge on any atom is -0.483 e. The maximum atomic E-state index is 14.8. The predicted octanol–water partition coefficient (Wildman–Crippen LogP) is 1.76. The fraction of sp³-hybridized carbons (Fsp3) is 0.381. The Balaban J connectivity index is 1.45. The molecule has 9 nitrogen and oxygen atoms in total. The van der Waals surface area contributed by atoms with Gasteiger partial charge < -0.3 is 14.5 Å². The lowest BCUT2D eigenvalue weighted by molar-refractivity contribution is -0.128. The van der Waals surface area contributed by atoms with E-state index in [2.05, 4.69) is 20.1 Å². The van der Waals surface area contributed by atoms with Crippen molar-refractivity contribution in [1.82, 2.24) is 19.6 Å². The second-order valence-electron chi connectivity index (χ2n) is 8.01. The van der Waals surface area contributed by atoms with Gasteiger partial charge in [-0.3, -0.25) is 14.5 Å². The van der Waals surface area contributed by atoms with Crippen LogP contribution in [0, 0.1) is 5.82 Å². The van der Waals surface area contributed by atoms with E-state index in [4.69, 9.17) is 16.3 Å². The topological polar surface area (TPSA) is 87.7 Å². The summed E-state index contributed by atoms with van der Waals surface area (Å²) in [5.74, 6) is 0.871. The number of amidine groups is 1. The molecule has 1 saturated heterocycles. The van der Waals surface area contributed by atoms with E-state index < -0.39 is 17.9 Å². The molecule has 0 radical (unpaired) electrons. The second kappa shape index (κ2) is 7.70. The molecule has 1 aromatic heterocycles. The summed E-state index contributed by atoms with van der Waals surface area (Å²) in [5.41, 5.74) is 0.626. The number of hydrogen-bond acceptors (Lipinski definition) is 7. The highest BCUT2D eigenvalue weighted by atomic mass is 35.5. The molecule has 2 unspecified atom stereocenters. The SMILES string of the molecule is CC1=NC2C(c3ccc(Cl)cc3F)=NC(N3CC(Oc4cnn(C)c4)C3)=NC2C(=O)N1C. The molecule has 1 fully saturated rings. The molecule has 166 valence electrons. The van der Waals surface area contributed by atoms with Crippen LogP contribution in [0.1, 0.15) is 12.5 Å². The average molecular weight is 458 g/mol. The summed E-state index contributed by atoms with van der Waals surface area (Å²) in [6.45, 7) is 2.81. The summed E-state index contributed by atoms with van der Waals surface area (Å²) in [5, 5.41) is 4.38. The Morgan fingerprint density at radius 1 is 1.19 bits per heavy atom. The fourth-order valence-corrected chi connectivity index (χ4v) is 4.07. The summed E-state index contributed by atoms with van der Waals surface area (Å²) in [4.78, 5) is 30.2. The van der Waals surface area contributed by atoms with Gasteiger partial charge in [0.25, 0.3) is 5.91 Å². The van der Waals surface area contributed by atoms with Crippen molar-refractivity contribution in [2.75, 3.05) is 20.1 Å². The molecule has 5 rings (SSSR count). The number of fused-ring (bicyclic) bond motifs is 1. The van der Waals surface area contributed by atoms with Gasteiger partial charge in [0.2, 0.25) is 5.96 Å². The average Bonchev–Trinajstić information content (AvgIpc) is 3.13. The van der Waals surface area contributed by atoms with Gasteiger partial charge in [0.1, 0.15) is 23.8 Å². The first kappa shape index (κ1) is 20.6. The van der Waals surface area contributed by atoms with Crippen LogP contribution in [-0.2, 0) is 11.8 Å². The number of carbonyl (C=O) groups is 1. The number of halogens is 2. The summed E-state index contributed by atoms with van der Waals surface area (Å²) < 4.78 is 22.4. The van der Waals surface area contributed by atoms with E-state index in [1.54, 1.807) is 43.2 Å². The number of rotatable bonds is 3. The quantitative estimate of drug-likeness (QED) is 0.702. The molecule has 4 heterocycles. The Labute approximate surface area is 188 Å². The number of aryl methyl sites for hydroxylation is 1. The number of likely N-dealkylation sites (tertiary alicyclic amines) is 1. The monoisotopic (exact) mass is 457 g/mol. The van der Waals surface area contributed by atoms with Crippen LogP contribution in [0.3, 0.4) is 0 Å². The van der Waals surface area contributed by atoms with E-state index in [1.807, 2.05) is 11.9 Å². The molecule has 3 aliphatic rings. The number of likely N-dealkylation sites (N-methyl/N-ethyl adjacent to an activating group) is 1. The Morgan fingerprint density at radius 3 is 2.66 bits per heavy atom. The van der Waals surface area contributed by atoms with E-state index in [0.29, 0.717) is 36.3 Å². The lowest BCUT2D eigenvalue weighted by atomic mass is 9.93. The zero-order valence-electron chi connectivity index (χ0n) is 17.7. The van der Waals surface area contributed by atoms with Crippen molar-refractivity contribution < 1.29 is 13.9 Å². The van der Waals surface area contributed by atoms with Crippen LogP contribution < -0.4 is 4.74 Å². The highest BCUT2D eigenvalue weighted by molar-refractivity contribution is 6.30. The molecule has 0 bridgehead atoms. The first-order chi connectivity index (χ1) is 15.3. The Bertz CT molecular complexity index is 1180. The molecule has 1 aromatic carbocycles. The van der Waals surface area contributed by atoms with Crippen molar-refractivity contribution >= 4 is 35.0 Å². The molecule has 2 aromatic rings. The molecular weight excluding hydrogens is 437 g/mol. The van der Waals surface area contributed by atoms with Crippen molar-refractivity contribution in [1.29, 1.82) is 0 Å². The van der Waals surface area contributed by atoms with Crippen molar-refractivity contribution in [3.8, 4) is 5.75 Å². The number of hydrogen-bond donors (Lipinski definition) is 0. The fourth-order valence-electron chi connectivity index (χ4n) is 3.91. The van der Waals surface area contributed by atoms with Gasteiger partial charge in [-0.2, -0.15) is 5.10 Å². The van der Waals surface area contributed by atoms with Gasteiger partial charge in [-0.15, -0.1) is 0 Å². The number of guanidine groups is 1. The van der Waals surface area contributed by atoms with E-state index in [0.717, 1.165) is 0 Å². The van der Waals surface area contributed by atoms with Crippen LogP contribution in [0.5, 0.6) is 5.75 Å². The largest absolute Gasteiger partial charge is 0.483 e. The van der Waals surface area contributed by atoms with Crippen molar-refractivity contribution in [2.45, 2.75) is 25.1 Å². The summed E-state index contributed by atoms with van der Waals surface area (Å²) in [6, 6.07) is 2.89. The standard InChI is InChI=1S/C21H21ClFN7O2/c1-11-25-18-17(15-5-4-12(22)6-16(15)23)26-21(27-19(18)20(31)29(11)3)30-9-14(10-30)32-13-7-24-28(2)8-13/h4-8,14,18-19H,9-10H2,1-3H3. The predicted molar refractivity (Wildman–Crippen MR) is 118 cm³/mol. The maximum Gasteiger partial charge on any atom is 0.255 e. The van der Waals surface area contributed by atoms with Crippen molar-refractivity contribution in [3.05, 3.63) is 47.0 Å².